The van der Waals surface area contributed by atoms with Gasteiger partial charge < -0.3 is 10.1 Å². The maximum absolute atomic E-state index is 11.9. The topological polar surface area (TPSA) is 51.2 Å². The van der Waals surface area contributed by atoms with Gasteiger partial charge in [0.2, 0.25) is 0 Å². The van der Waals surface area contributed by atoms with Crippen molar-refractivity contribution in [2.45, 2.75) is 18.8 Å². The van der Waals surface area contributed by atoms with Gasteiger partial charge >= 0.3 is 0 Å². The molecule has 21 heavy (non-hydrogen) atoms. The van der Waals surface area contributed by atoms with E-state index in [9.17, 15) is 4.79 Å². The standard InChI is InChI=1S/C16H18N2O2S/c1-20-9-8-17-15(19)12-4-2-11(3-5-12)14-10-21-16(18-14)13-6-7-13/h2-5,10,13H,6-9H2,1H3,(H,17,19). The van der Waals surface area contributed by atoms with Crippen LogP contribution < -0.4 is 5.32 Å². The number of nitrogens with zero attached hydrogens (tertiary/aromatic N) is 1. The van der Waals surface area contributed by atoms with Gasteiger partial charge in [0.15, 0.2) is 0 Å². The van der Waals surface area contributed by atoms with Crippen molar-refractivity contribution >= 4 is 17.2 Å². The highest BCUT2D eigenvalue weighted by Gasteiger charge is 2.26. The molecule has 5 heteroatoms. The van der Waals surface area contributed by atoms with E-state index >= 15 is 0 Å². The fraction of sp³-hybridized carbons (Fsp3) is 0.375. The van der Waals surface area contributed by atoms with E-state index in [2.05, 4.69) is 15.7 Å². The van der Waals surface area contributed by atoms with Crippen molar-refractivity contribution < 1.29 is 9.53 Å². The molecule has 1 aliphatic carbocycles. The van der Waals surface area contributed by atoms with Gasteiger partial charge in [0, 0.05) is 36.1 Å². The number of benzene rings is 1. The Morgan fingerprint density at radius 2 is 2.14 bits per heavy atom. The summed E-state index contributed by atoms with van der Waals surface area (Å²) in [4.78, 5) is 16.6. The van der Waals surface area contributed by atoms with Gasteiger partial charge in [-0.25, -0.2) is 4.98 Å². The summed E-state index contributed by atoms with van der Waals surface area (Å²) in [6.07, 6.45) is 2.54. The smallest absolute Gasteiger partial charge is 0.251 e. The van der Waals surface area contributed by atoms with E-state index in [1.165, 1.54) is 17.8 Å². The summed E-state index contributed by atoms with van der Waals surface area (Å²) < 4.78 is 4.91. The maximum Gasteiger partial charge on any atom is 0.251 e. The first kappa shape index (κ1) is 14.2. The van der Waals surface area contributed by atoms with Crippen LogP contribution in [0.5, 0.6) is 0 Å². The van der Waals surface area contributed by atoms with Crippen LogP contribution in [0.15, 0.2) is 29.6 Å². The summed E-state index contributed by atoms with van der Waals surface area (Å²) >= 11 is 1.73. The van der Waals surface area contributed by atoms with Crippen molar-refractivity contribution in [3.63, 3.8) is 0 Å². The number of thiazole rings is 1. The Morgan fingerprint density at radius 3 is 2.81 bits per heavy atom. The lowest BCUT2D eigenvalue weighted by Crippen LogP contribution is -2.26. The number of hydrogen-bond donors (Lipinski definition) is 1. The summed E-state index contributed by atoms with van der Waals surface area (Å²) in [6, 6.07) is 7.59. The molecule has 110 valence electrons. The Kier molecular flexibility index (Phi) is 4.31. The summed E-state index contributed by atoms with van der Waals surface area (Å²) in [5, 5.41) is 6.15. The number of rotatable bonds is 6. The lowest BCUT2D eigenvalue weighted by molar-refractivity contribution is 0.0937. The average molecular weight is 302 g/mol. The summed E-state index contributed by atoms with van der Waals surface area (Å²) in [7, 11) is 1.62. The van der Waals surface area contributed by atoms with E-state index in [4.69, 9.17) is 4.74 Å². The van der Waals surface area contributed by atoms with Gasteiger partial charge in [0.05, 0.1) is 17.3 Å². The largest absolute Gasteiger partial charge is 0.383 e. The molecule has 4 nitrogen and oxygen atoms in total. The van der Waals surface area contributed by atoms with Gasteiger partial charge in [-0.3, -0.25) is 4.79 Å². The molecule has 0 aliphatic heterocycles. The van der Waals surface area contributed by atoms with E-state index in [-0.39, 0.29) is 5.91 Å². The molecule has 0 unspecified atom stereocenters. The molecule has 1 aromatic carbocycles. The van der Waals surface area contributed by atoms with Crippen molar-refractivity contribution in [3.8, 4) is 11.3 Å². The van der Waals surface area contributed by atoms with E-state index in [0.717, 1.165) is 11.3 Å². The zero-order chi connectivity index (χ0) is 14.7. The number of amides is 1. The SMILES string of the molecule is COCCNC(=O)c1ccc(-c2csc(C3CC3)n2)cc1. The highest BCUT2D eigenvalue weighted by atomic mass is 32.1. The minimum Gasteiger partial charge on any atom is -0.383 e. The predicted molar refractivity (Wildman–Crippen MR) is 83.7 cm³/mol. The number of hydrogen-bond acceptors (Lipinski definition) is 4. The van der Waals surface area contributed by atoms with E-state index in [1.807, 2.05) is 24.3 Å². The number of ether oxygens (including phenoxy) is 1. The second-order valence-corrected chi connectivity index (χ2v) is 6.06. The number of methoxy groups -OCH3 is 1. The Morgan fingerprint density at radius 1 is 1.38 bits per heavy atom. The molecule has 1 saturated carbocycles. The predicted octanol–water partition coefficient (Wildman–Crippen LogP) is 3.06. The summed E-state index contributed by atoms with van der Waals surface area (Å²) in [5.74, 6) is 0.616. The van der Waals surface area contributed by atoms with Crippen molar-refractivity contribution in [2.24, 2.45) is 0 Å². The third-order valence-corrected chi connectivity index (χ3v) is 4.49. The first-order valence-corrected chi connectivity index (χ1v) is 7.99. The molecule has 1 fully saturated rings. The molecule has 1 aliphatic rings. The monoisotopic (exact) mass is 302 g/mol. The highest BCUT2D eigenvalue weighted by molar-refractivity contribution is 7.10. The van der Waals surface area contributed by atoms with Crippen LogP contribution in [0.1, 0.15) is 34.1 Å². The molecule has 0 radical (unpaired) electrons. The molecule has 1 N–H and O–H groups in total. The molecular formula is C16H18N2O2S. The third kappa shape index (κ3) is 3.49. The molecule has 0 spiro atoms. The van der Waals surface area contributed by atoms with E-state index in [0.29, 0.717) is 24.6 Å². The second kappa shape index (κ2) is 6.37. The maximum atomic E-state index is 11.9. The Hall–Kier alpha value is -1.72. The van der Waals surface area contributed by atoms with Crippen LogP contribution in [-0.2, 0) is 4.74 Å². The molecule has 1 amide bonds. The van der Waals surface area contributed by atoms with Crippen LogP contribution in [0.3, 0.4) is 0 Å². The Balaban J connectivity index is 1.66. The normalized spacial score (nSPS) is 14.1. The Labute approximate surface area is 128 Å². The summed E-state index contributed by atoms with van der Waals surface area (Å²) in [6.45, 7) is 1.04. The van der Waals surface area contributed by atoms with Gasteiger partial charge in [-0.05, 0) is 25.0 Å². The van der Waals surface area contributed by atoms with E-state index in [1.54, 1.807) is 18.4 Å². The van der Waals surface area contributed by atoms with Crippen molar-refractivity contribution in [2.75, 3.05) is 20.3 Å². The minimum atomic E-state index is -0.0736. The molecule has 0 saturated heterocycles. The first-order chi connectivity index (χ1) is 10.3. The van der Waals surface area contributed by atoms with Crippen molar-refractivity contribution in [3.05, 3.63) is 40.2 Å². The van der Waals surface area contributed by atoms with Crippen LogP contribution >= 0.6 is 11.3 Å². The molecule has 2 aromatic rings. The molecule has 0 atom stereocenters. The van der Waals surface area contributed by atoms with Crippen LogP contribution in [-0.4, -0.2) is 31.2 Å². The van der Waals surface area contributed by atoms with Crippen molar-refractivity contribution in [1.29, 1.82) is 0 Å². The molecule has 3 rings (SSSR count). The number of carbonyl (C=O) groups excluding carboxylic acids is 1. The van der Waals surface area contributed by atoms with Crippen LogP contribution in [0.4, 0.5) is 0 Å². The lowest BCUT2D eigenvalue weighted by atomic mass is 10.1. The van der Waals surface area contributed by atoms with Gasteiger partial charge in [0.1, 0.15) is 0 Å². The Bertz CT molecular complexity index is 617. The number of nitrogens with one attached hydrogen (secondary N) is 1. The van der Waals surface area contributed by atoms with Gasteiger partial charge in [0.25, 0.3) is 5.91 Å². The zero-order valence-corrected chi connectivity index (χ0v) is 12.8. The van der Waals surface area contributed by atoms with Crippen LogP contribution in [0.2, 0.25) is 0 Å². The fourth-order valence-electron chi connectivity index (χ4n) is 2.10. The molecule has 1 aromatic heterocycles. The third-order valence-electron chi connectivity index (χ3n) is 3.48. The zero-order valence-electron chi connectivity index (χ0n) is 12.0. The average Bonchev–Trinajstić information content (AvgIpc) is 3.25. The molecular weight excluding hydrogens is 284 g/mol. The fourth-order valence-corrected chi connectivity index (χ4v) is 3.10. The van der Waals surface area contributed by atoms with Gasteiger partial charge in [-0.15, -0.1) is 11.3 Å². The van der Waals surface area contributed by atoms with Crippen LogP contribution in [0.25, 0.3) is 11.3 Å². The molecule has 0 bridgehead atoms. The molecule has 1 heterocycles. The highest BCUT2D eigenvalue weighted by Crippen LogP contribution is 2.42. The van der Waals surface area contributed by atoms with Crippen molar-refractivity contribution in [1.82, 2.24) is 10.3 Å². The van der Waals surface area contributed by atoms with E-state index < -0.39 is 0 Å². The lowest BCUT2D eigenvalue weighted by Gasteiger charge is -2.05. The van der Waals surface area contributed by atoms with Crippen LogP contribution in [0, 0.1) is 0 Å². The first-order valence-electron chi connectivity index (χ1n) is 7.11. The second-order valence-electron chi connectivity index (χ2n) is 5.17. The summed E-state index contributed by atoms with van der Waals surface area (Å²) in [5.41, 5.74) is 2.73. The number of aromatic nitrogens is 1. The number of carbonyl (C=O) groups is 1. The quantitative estimate of drug-likeness (QED) is 0.834. The van der Waals surface area contributed by atoms with Gasteiger partial charge in [-0.1, -0.05) is 12.1 Å². The van der Waals surface area contributed by atoms with Gasteiger partial charge in [-0.2, -0.15) is 0 Å². The minimum absolute atomic E-state index is 0.0736.